The molecule has 3 heteroatoms. The Morgan fingerprint density at radius 2 is 1.74 bits per heavy atom. The number of benzene rings is 1. The summed E-state index contributed by atoms with van der Waals surface area (Å²) >= 11 is 0. The van der Waals surface area contributed by atoms with Gasteiger partial charge in [0.1, 0.15) is 18.2 Å². The molecule has 0 atom stereocenters. The molecule has 0 unspecified atom stereocenters. The molecule has 0 aliphatic carbocycles. The molecule has 1 aromatic carbocycles. The lowest BCUT2D eigenvalue weighted by molar-refractivity contribution is 0.301. The molecule has 0 fully saturated rings. The normalized spacial score (nSPS) is 11.3. The fourth-order valence-corrected chi connectivity index (χ4v) is 1.79. The third kappa shape index (κ3) is 3.71. The molecule has 0 radical (unpaired) electrons. The van der Waals surface area contributed by atoms with E-state index in [0.29, 0.717) is 12.4 Å². The van der Waals surface area contributed by atoms with Crippen molar-refractivity contribution in [3.63, 3.8) is 0 Å². The SMILES string of the molecule is CC(C)(C)c1ccc(OCc2cccc(N)n2)cc1. The van der Waals surface area contributed by atoms with Crippen molar-refractivity contribution in [2.24, 2.45) is 0 Å². The highest BCUT2D eigenvalue weighted by Crippen LogP contribution is 2.24. The van der Waals surface area contributed by atoms with Gasteiger partial charge in [-0.25, -0.2) is 4.98 Å². The standard InChI is InChI=1S/C16H20N2O/c1-16(2,3)12-7-9-14(10-8-12)19-11-13-5-4-6-15(17)18-13/h4-10H,11H2,1-3H3,(H2,17,18). The van der Waals surface area contributed by atoms with E-state index in [2.05, 4.69) is 37.9 Å². The van der Waals surface area contributed by atoms with Gasteiger partial charge in [-0.15, -0.1) is 0 Å². The lowest BCUT2D eigenvalue weighted by Gasteiger charge is -2.19. The Hall–Kier alpha value is -2.03. The summed E-state index contributed by atoms with van der Waals surface area (Å²) in [6.07, 6.45) is 0. The van der Waals surface area contributed by atoms with Crippen molar-refractivity contribution in [2.75, 3.05) is 5.73 Å². The van der Waals surface area contributed by atoms with Gasteiger partial charge in [0.05, 0.1) is 5.69 Å². The first-order valence-electron chi connectivity index (χ1n) is 6.40. The highest BCUT2D eigenvalue weighted by atomic mass is 16.5. The van der Waals surface area contributed by atoms with Crippen molar-refractivity contribution in [3.05, 3.63) is 53.7 Å². The number of nitrogen functional groups attached to an aromatic ring is 1. The Balaban J connectivity index is 2.01. The van der Waals surface area contributed by atoms with Crippen molar-refractivity contribution >= 4 is 5.82 Å². The van der Waals surface area contributed by atoms with E-state index < -0.39 is 0 Å². The number of ether oxygens (including phenoxy) is 1. The van der Waals surface area contributed by atoms with Crippen LogP contribution in [0.25, 0.3) is 0 Å². The van der Waals surface area contributed by atoms with Crippen LogP contribution in [0.5, 0.6) is 5.75 Å². The highest BCUT2D eigenvalue weighted by molar-refractivity contribution is 5.32. The summed E-state index contributed by atoms with van der Waals surface area (Å²) in [5.74, 6) is 1.36. The number of nitrogens with two attached hydrogens (primary N) is 1. The molecule has 0 aliphatic heterocycles. The molecule has 0 aliphatic rings. The van der Waals surface area contributed by atoms with Gasteiger partial charge in [-0.1, -0.05) is 39.0 Å². The molecule has 19 heavy (non-hydrogen) atoms. The maximum absolute atomic E-state index is 5.70. The van der Waals surface area contributed by atoms with Crippen LogP contribution in [0, 0.1) is 0 Å². The fourth-order valence-electron chi connectivity index (χ4n) is 1.79. The van der Waals surface area contributed by atoms with Gasteiger partial charge in [0.15, 0.2) is 0 Å². The summed E-state index contributed by atoms with van der Waals surface area (Å²) in [5, 5.41) is 0. The van der Waals surface area contributed by atoms with E-state index in [1.165, 1.54) is 5.56 Å². The van der Waals surface area contributed by atoms with E-state index in [-0.39, 0.29) is 5.41 Å². The van der Waals surface area contributed by atoms with Crippen molar-refractivity contribution < 1.29 is 4.74 Å². The average Bonchev–Trinajstić information content (AvgIpc) is 2.36. The minimum absolute atomic E-state index is 0.161. The quantitative estimate of drug-likeness (QED) is 0.913. The maximum atomic E-state index is 5.70. The lowest BCUT2D eigenvalue weighted by Crippen LogP contribution is -2.10. The molecule has 0 bridgehead atoms. The van der Waals surface area contributed by atoms with E-state index in [1.807, 2.05) is 24.3 Å². The van der Waals surface area contributed by atoms with E-state index >= 15 is 0 Å². The predicted molar refractivity (Wildman–Crippen MR) is 78.1 cm³/mol. The largest absolute Gasteiger partial charge is 0.487 e. The maximum Gasteiger partial charge on any atom is 0.130 e. The first-order chi connectivity index (χ1) is 8.95. The Morgan fingerprint density at radius 3 is 2.32 bits per heavy atom. The van der Waals surface area contributed by atoms with Crippen LogP contribution >= 0.6 is 0 Å². The van der Waals surface area contributed by atoms with Gasteiger partial charge in [-0.2, -0.15) is 0 Å². The molecule has 0 saturated heterocycles. The van der Waals surface area contributed by atoms with Crippen LogP contribution in [0.2, 0.25) is 0 Å². The smallest absolute Gasteiger partial charge is 0.130 e. The Kier molecular flexibility index (Phi) is 3.74. The number of hydrogen-bond acceptors (Lipinski definition) is 3. The zero-order chi connectivity index (χ0) is 13.9. The molecule has 0 saturated carbocycles. The average molecular weight is 256 g/mol. The van der Waals surface area contributed by atoms with Crippen LogP contribution in [-0.2, 0) is 12.0 Å². The molecule has 0 spiro atoms. The summed E-state index contributed by atoms with van der Waals surface area (Å²) < 4.78 is 5.70. The predicted octanol–water partition coefficient (Wildman–Crippen LogP) is 3.54. The van der Waals surface area contributed by atoms with Crippen LogP contribution in [0.4, 0.5) is 5.82 Å². The molecule has 100 valence electrons. The van der Waals surface area contributed by atoms with Crippen LogP contribution < -0.4 is 10.5 Å². The second kappa shape index (κ2) is 5.31. The van der Waals surface area contributed by atoms with Crippen molar-refractivity contribution in [1.82, 2.24) is 4.98 Å². The molecular formula is C16H20N2O. The Morgan fingerprint density at radius 1 is 1.05 bits per heavy atom. The molecule has 2 N–H and O–H groups in total. The monoisotopic (exact) mass is 256 g/mol. The second-order valence-corrected chi connectivity index (χ2v) is 5.62. The first kappa shape index (κ1) is 13.4. The third-order valence-electron chi connectivity index (χ3n) is 2.94. The van der Waals surface area contributed by atoms with E-state index in [1.54, 1.807) is 6.07 Å². The van der Waals surface area contributed by atoms with E-state index in [4.69, 9.17) is 10.5 Å². The summed E-state index contributed by atoms with van der Waals surface area (Å²) in [6, 6.07) is 13.7. The Bertz CT molecular complexity index is 541. The zero-order valence-corrected chi connectivity index (χ0v) is 11.7. The molecule has 2 rings (SSSR count). The number of nitrogens with zero attached hydrogens (tertiary/aromatic N) is 1. The molecule has 1 aromatic heterocycles. The molecule has 3 nitrogen and oxygen atoms in total. The summed E-state index contributed by atoms with van der Waals surface area (Å²) in [6.45, 7) is 7.01. The first-order valence-corrected chi connectivity index (χ1v) is 6.40. The van der Waals surface area contributed by atoms with Gasteiger partial charge < -0.3 is 10.5 Å². The topological polar surface area (TPSA) is 48.1 Å². The summed E-state index contributed by atoms with van der Waals surface area (Å²) in [5.41, 5.74) is 7.92. The molecule has 2 aromatic rings. The third-order valence-corrected chi connectivity index (χ3v) is 2.94. The van der Waals surface area contributed by atoms with Crippen LogP contribution in [-0.4, -0.2) is 4.98 Å². The molecule has 1 heterocycles. The van der Waals surface area contributed by atoms with Gasteiger partial charge in [0, 0.05) is 0 Å². The zero-order valence-electron chi connectivity index (χ0n) is 11.7. The number of pyridine rings is 1. The second-order valence-electron chi connectivity index (χ2n) is 5.62. The van der Waals surface area contributed by atoms with E-state index in [9.17, 15) is 0 Å². The van der Waals surface area contributed by atoms with Gasteiger partial charge in [0.25, 0.3) is 0 Å². The van der Waals surface area contributed by atoms with Crippen LogP contribution in [0.1, 0.15) is 32.0 Å². The van der Waals surface area contributed by atoms with Gasteiger partial charge in [0.2, 0.25) is 0 Å². The summed E-state index contributed by atoms with van der Waals surface area (Å²) in [4.78, 5) is 4.20. The van der Waals surface area contributed by atoms with E-state index in [0.717, 1.165) is 11.4 Å². The fraction of sp³-hybridized carbons (Fsp3) is 0.312. The number of hydrogen-bond donors (Lipinski definition) is 1. The van der Waals surface area contributed by atoms with Crippen LogP contribution in [0.3, 0.4) is 0 Å². The minimum atomic E-state index is 0.161. The summed E-state index contributed by atoms with van der Waals surface area (Å²) in [7, 11) is 0. The van der Waals surface area contributed by atoms with Crippen LogP contribution in [0.15, 0.2) is 42.5 Å². The minimum Gasteiger partial charge on any atom is -0.487 e. The van der Waals surface area contributed by atoms with Crippen molar-refractivity contribution in [3.8, 4) is 5.75 Å². The Labute approximate surface area is 114 Å². The number of rotatable bonds is 3. The molecular weight excluding hydrogens is 236 g/mol. The number of anilines is 1. The van der Waals surface area contributed by atoms with Gasteiger partial charge in [-0.05, 0) is 35.2 Å². The van der Waals surface area contributed by atoms with Gasteiger partial charge >= 0.3 is 0 Å². The molecule has 0 amide bonds. The van der Waals surface area contributed by atoms with Crippen molar-refractivity contribution in [2.45, 2.75) is 32.8 Å². The van der Waals surface area contributed by atoms with Gasteiger partial charge in [-0.3, -0.25) is 0 Å². The lowest BCUT2D eigenvalue weighted by atomic mass is 9.87. The number of aromatic nitrogens is 1. The van der Waals surface area contributed by atoms with Crippen molar-refractivity contribution in [1.29, 1.82) is 0 Å². The highest BCUT2D eigenvalue weighted by Gasteiger charge is 2.12.